The fourth-order valence-corrected chi connectivity index (χ4v) is 3.78. The number of carbonyl (C=O) groups is 1. The van der Waals surface area contributed by atoms with Gasteiger partial charge in [0.15, 0.2) is 9.84 Å². The number of sulfone groups is 1. The van der Waals surface area contributed by atoms with Crippen molar-refractivity contribution in [3.8, 4) is 0 Å². The summed E-state index contributed by atoms with van der Waals surface area (Å²) in [4.78, 5) is 15.0. The average Bonchev–Trinajstić information content (AvgIpc) is 3.18. The van der Waals surface area contributed by atoms with E-state index in [2.05, 4.69) is 5.10 Å². The maximum Gasteiger partial charge on any atom is 0.254 e. The van der Waals surface area contributed by atoms with Gasteiger partial charge in [-0.3, -0.25) is 9.48 Å². The van der Waals surface area contributed by atoms with Crippen LogP contribution in [0, 0.1) is 6.92 Å². The quantitative estimate of drug-likeness (QED) is 0.847. The highest BCUT2D eigenvalue weighted by Crippen LogP contribution is 2.24. The lowest BCUT2D eigenvalue weighted by atomic mass is 10.1. The molecule has 0 bridgehead atoms. The van der Waals surface area contributed by atoms with Crippen LogP contribution >= 0.6 is 0 Å². The Kier molecular flexibility index (Phi) is 4.45. The van der Waals surface area contributed by atoms with Crippen LogP contribution in [0.4, 0.5) is 0 Å². The largest absolute Gasteiger partial charge is 0.334 e. The molecule has 1 aliphatic rings. The minimum Gasteiger partial charge on any atom is -0.334 e. The molecule has 2 aromatic rings. The van der Waals surface area contributed by atoms with Crippen molar-refractivity contribution in [2.24, 2.45) is 0 Å². The number of nitrogens with zero attached hydrogens (tertiary/aromatic N) is 3. The second kappa shape index (κ2) is 6.39. The second-order valence-corrected chi connectivity index (χ2v) is 8.29. The summed E-state index contributed by atoms with van der Waals surface area (Å²) in [7, 11) is -3.34. The zero-order valence-electron chi connectivity index (χ0n) is 13.8. The summed E-state index contributed by atoms with van der Waals surface area (Å²) in [6, 6.07) is 6.69. The first-order chi connectivity index (χ1) is 11.4. The van der Waals surface area contributed by atoms with E-state index in [0.29, 0.717) is 18.7 Å². The van der Waals surface area contributed by atoms with Gasteiger partial charge < -0.3 is 4.90 Å². The predicted octanol–water partition coefficient (Wildman–Crippen LogP) is 1.90. The maximum absolute atomic E-state index is 13.0. The Labute approximate surface area is 142 Å². The molecule has 128 valence electrons. The molecule has 1 saturated heterocycles. The third-order valence-corrected chi connectivity index (χ3v) is 5.57. The molecule has 2 heterocycles. The van der Waals surface area contributed by atoms with Crippen LogP contribution in [0.2, 0.25) is 0 Å². The number of carbonyl (C=O) groups excluding carboxylic acids is 1. The van der Waals surface area contributed by atoms with E-state index in [0.717, 1.165) is 24.7 Å². The second-order valence-electron chi connectivity index (χ2n) is 6.27. The van der Waals surface area contributed by atoms with Gasteiger partial charge >= 0.3 is 0 Å². The van der Waals surface area contributed by atoms with Crippen LogP contribution < -0.4 is 0 Å². The predicted molar refractivity (Wildman–Crippen MR) is 90.6 cm³/mol. The summed E-state index contributed by atoms with van der Waals surface area (Å²) in [6.07, 6.45) is 6.64. The van der Waals surface area contributed by atoms with Gasteiger partial charge in [-0.2, -0.15) is 5.10 Å². The summed E-state index contributed by atoms with van der Waals surface area (Å²) in [6.45, 7) is 3.18. The SMILES string of the molecule is Cc1ccc(S(C)(=O)=O)cc1C(=O)N1CCC[C@H]1Cn1cccn1. The third kappa shape index (κ3) is 3.36. The van der Waals surface area contributed by atoms with Crippen LogP contribution in [0.3, 0.4) is 0 Å². The van der Waals surface area contributed by atoms with Crippen molar-refractivity contribution >= 4 is 15.7 Å². The maximum atomic E-state index is 13.0. The molecule has 0 N–H and O–H groups in total. The molecule has 1 atom stereocenters. The number of rotatable bonds is 4. The number of amides is 1. The average molecular weight is 347 g/mol. The first-order valence-electron chi connectivity index (χ1n) is 7.95. The van der Waals surface area contributed by atoms with Crippen LogP contribution in [0.25, 0.3) is 0 Å². The summed E-state index contributed by atoms with van der Waals surface area (Å²) in [5.74, 6) is -0.104. The molecular formula is C17H21N3O3S. The Morgan fingerprint density at radius 2 is 2.17 bits per heavy atom. The van der Waals surface area contributed by atoms with Gasteiger partial charge in [-0.1, -0.05) is 6.07 Å². The van der Waals surface area contributed by atoms with E-state index in [-0.39, 0.29) is 16.8 Å². The molecule has 1 aromatic carbocycles. The summed E-state index contributed by atoms with van der Waals surface area (Å²) < 4.78 is 25.4. The summed E-state index contributed by atoms with van der Waals surface area (Å²) >= 11 is 0. The van der Waals surface area contributed by atoms with Gasteiger partial charge in [0, 0.05) is 30.8 Å². The van der Waals surface area contributed by atoms with Crippen LogP contribution in [0.5, 0.6) is 0 Å². The van der Waals surface area contributed by atoms with Crippen molar-refractivity contribution < 1.29 is 13.2 Å². The smallest absolute Gasteiger partial charge is 0.254 e. The van der Waals surface area contributed by atoms with Crippen LogP contribution in [0.15, 0.2) is 41.6 Å². The van der Waals surface area contributed by atoms with Crippen molar-refractivity contribution in [3.63, 3.8) is 0 Å². The molecule has 0 unspecified atom stereocenters. The van der Waals surface area contributed by atoms with Crippen LogP contribution in [-0.4, -0.2) is 47.8 Å². The minimum atomic E-state index is -3.34. The lowest BCUT2D eigenvalue weighted by Gasteiger charge is -2.25. The van der Waals surface area contributed by atoms with Gasteiger partial charge in [-0.25, -0.2) is 8.42 Å². The van der Waals surface area contributed by atoms with E-state index in [4.69, 9.17) is 0 Å². The van der Waals surface area contributed by atoms with Gasteiger partial charge in [-0.05, 0) is 43.5 Å². The minimum absolute atomic E-state index is 0.0821. The summed E-state index contributed by atoms with van der Waals surface area (Å²) in [5, 5.41) is 4.21. The Hall–Kier alpha value is -2.15. The van der Waals surface area contributed by atoms with E-state index >= 15 is 0 Å². The molecule has 6 nitrogen and oxygen atoms in total. The number of hydrogen-bond acceptors (Lipinski definition) is 4. The first kappa shape index (κ1) is 16.7. The Morgan fingerprint density at radius 3 is 2.83 bits per heavy atom. The molecule has 1 aliphatic heterocycles. The molecule has 1 aromatic heterocycles. The highest BCUT2D eigenvalue weighted by molar-refractivity contribution is 7.90. The molecule has 0 spiro atoms. The number of aromatic nitrogens is 2. The van der Waals surface area contributed by atoms with Crippen molar-refractivity contribution in [1.29, 1.82) is 0 Å². The molecule has 1 fully saturated rings. The van der Waals surface area contributed by atoms with E-state index < -0.39 is 9.84 Å². The Bertz CT molecular complexity index is 844. The number of likely N-dealkylation sites (tertiary alicyclic amines) is 1. The molecule has 3 rings (SSSR count). The third-order valence-electron chi connectivity index (χ3n) is 4.46. The number of hydrogen-bond donors (Lipinski definition) is 0. The monoisotopic (exact) mass is 347 g/mol. The Balaban J connectivity index is 1.87. The normalized spacial score (nSPS) is 18.1. The zero-order valence-corrected chi connectivity index (χ0v) is 14.7. The molecule has 7 heteroatoms. The van der Waals surface area contributed by atoms with E-state index in [1.807, 2.05) is 28.8 Å². The van der Waals surface area contributed by atoms with Crippen LogP contribution in [-0.2, 0) is 16.4 Å². The molecular weight excluding hydrogens is 326 g/mol. The standard InChI is InChI=1S/C17H21N3O3S/c1-13-6-7-15(24(2,22)23)11-16(13)17(21)20-10-3-5-14(20)12-19-9-4-8-18-19/h4,6-9,11,14H,3,5,10,12H2,1-2H3/t14-/m0/s1. The van der Waals surface area contributed by atoms with E-state index in [1.54, 1.807) is 18.3 Å². The van der Waals surface area contributed by atoms with Crippen molar-refractivity contribution in [1.82, 2.24) is 14.7 Å². The van der Waals surface area contributed by atoms with Gasteiger partial charge in [-0.15, -0.1) is 0 Å². The highest BCUT2D eigenvalue weighted by Gasteiger charge is 2.30. The Morgan fingerprint density at radius 1 is 1.38 bits per heavy atom. The van der Waals surface area contributed by atoms with Crippen molar-refractivity contribution in [3.05, 3.63) is 47.8 Å². The molecule has 0 aliphatic carbocycles. The fourth-order valence-electron chi connectivity index (χ4n) is 3.13. The van der Waals surface area contributed by atoms with E-state index in [9.17, 15) is 13.2 Å². The lowest BCUT2D eigenvalue weighted by Crippen LogP contribution is -2.38. The number of aryl methyl sites for hydroxylation is 1. The lowest BCUT2D eigenvalue weighted by molar-refractivity contribution is 0.0720. The van der Waals surface area contributed by atoms with Gasteiger partial charge in [0.25, 0.3) is 5.91 Å². The van der Waals surface area contributed by atoms with Gasteiger partial charge in [0.05, 0.1) is 17.5 Å². The van der Waals surface area contributed by atoms with Crippen LogP contribution in [0.1, 0.15) is 28.8 Å². The van der Waals surface area contributed by atoms with Crippen molar-refractivity contribution in [2.45, 2.75) is 37.2 Å². The van der Waals surface area contributed by atoms with E-state index in [1.165, 1.54) is 6.07 Å². The molecule has 0 saturated carbocycles. The highest BCUT2D eigenvalue weighted by atomic mass is 32.2. The topological polar surface area (TPSA) is 72.3 Å². The van der Waals surface area contributed by atoms with Crippen molar-refractivity contribution in [2.75, 3.05) is 12.8 Å². The molecule has 24 heavy (non-hydrogen) atoms. The first-order valence-corrected chi connectivity index (χ1v) is 9.84. The van der Waals surface area contributed by atoms with Gasteiger partial charge in [0.1, 0.15) is 0 Å². The summed E-state index contributed by atoms with van der Waals surface area (Å²) in [5.41, 5.74) is 1.25. The molecule has 1 amide bonds. The number of benzene rings is 1. The fraction of sp³-hybridized carbons (Fsp3) is 0.412. The zero-order chi connectivity index (χ0) is 17.3. The van der Waals surface area contributed by atoms with Gasteiger partial charge in [0.2, 0.25) is 0 Å². The molecule has 0 radical (unpaired) electrons.